The molecule has 136 valence electrons. The van der Waals surface area contributed by atoms with Crippen LogP contribution < -0.4 is 10.2 Å². The summed E-state index contributed by atoms with van der Waals surface area (Å²) in [4.78, 5) is 24.4. The maximum absolute atomic E-state index is 12.7. The molecule has 1 amide bonds. The molecule has 1 saturated heterocycles. The van der Waals surface area contributed by atoms with Crippen LogP contribution in [0.5, 0.6) is 0 Å². The summed E-state index contributed by atoms with van der Waals surface area (Å²) in [6.45, 7) is 5.22. The standard InChI is InChI=1S/C21H26N4O/c1-14-6-5-8-16(12-14)19-22-13-18(21(26)23-17-9-10-17)20(24-19)25-11-4-3-7-15(25)2/h5-6,8,12-13,15,17H,3-4,7,9-11H2,1-2H3,(H,23,26). The zero-order chi connectivity index (χ0) is 18.1. The summed E-state index contributed by atoms with van der Waals surface area (Å²) in [7, 11) is 0. The SMILES string of the molecule is Cc1cccc(-c2ncc(C(=O)NC3CC3)c(N3CCCCC3C)n2)c1. The van der Waals surface area contributed by atoms with Crippen molar-refractivity contribution in [2.75, 3.05) is 11.4 Å². The number of aryl methyl sites for hydroxylation is 1. The van der Waals surface area contributed by atoms with E-state index in [1.165, 1.54) is 12.0 Å². The molecule has 5 nitrogen and oxygen atoms in total. The first-order chi connectivity index (χ1) is 12.6. The van der Waals surface area contributed by atoms with Crippen LogP contribution in [0.15, 0.2) is 30.5 Å². The highest BCUT2D eigenvalue weighted by Gasteiger charge is 2.29. The van der Waals surface area contributed by atoms with Crippen molar-refractivity contribution in [1.82, 2.24) is 15.3 Å². The van der Waals surface area contributed by atoms with Gasteiger partial charge in [-0.2, -0.15) is 0 Å². The van der Waals surface area contributed by atoms with E-state index in [1.54, 1.807) is 6.20 Å². The zero-order valence-electron chi connectivity index (χ0n) is 15.5. The number of aromatic nitrogens is 2. The third kappa shape index (κ3) is 3.57. The Kier molecular flexibility index (Phi) is 4.62. The van der Waals surface area contributed by atoms with Crippen LogP contribution >= 0.6 is 0 Å². The normalized spacial score (nSPS) is 20.1. The van der Waals surface area contributed by atoms with Gasteiger partial charge in [0.15, 0.2) is 5.82 Å². The highest BCUT2D eigenvalue weighted by molar-refractivity contribution is 5.99. The molecule has 1 saturated carbocycles. The van der Waals surface area contributed by atoms with E-state index in [2.05, 4.69) is 41.2 Å². The fourth-order valence-corrected chi connectivity index (χ4v) is 3.58. The summed E-state index contributed by atoms with van der Waals surface area (Å²) in [5.74, 6) is 1.42. The molecule has 1 atom stereocenters. The monoisotopic (exact) mass is 350 g/mol. The van der Waals surface area contributed by atoms with Gasteiger partial charge in [-0.1, -0.05) is 23.8 Å². The van der Waals surface area contributed by atoms with E-state index in [4.69, 9.17) is 4.98 Å². The van der Waals surface area contributed by atoms with Gasteiger partial charge >= 0.3 is 0 Å². The zero-order valence-corrected chi connectivity index (χ0v) is 15.5. The molecule has 1 aromatic heterocycles. The number of anilines is 1. The maximum Gasteiger partial charge on any atom is 0.256 e. The van der Waals surface area contributed by atoms with Crippen molar-refractivity contribution in [3.63, 3.8) is 0 Å². The lowest BCUT2D eigenvalue weighted by Gasteiger charge is -2.35. The van der Waals surface area contributed by atoms with Gasteiger partial charge in [-0.25, -0.2) is 9.97 Å². The molecule has 2 heterocycles. The van der Waals surface area contributed by atoms with Crippen molar-refractivity contribution in [3.8, 4) is 11.4 Å². The first kappa shape index (κ1) is 17.0. The van der Waals surface area contributed by atoms with Gasteiger partial charge < -0.3 is 10.2 Å². The van der Waals surface area contributed by atoms with Crippen molar-refractivity contribution < 1.29 is 4.79 Å². The second-order valence-electron chi connectivity index (χ2n) is 7.59. The van der Waals surface area contributed by atoms with Gasteiger partial charge in [0, 0.05) is 30.4 Å². The molecule has 0 radical (unpaired) electrons. The molecule has 5 heteroatoms. The highest BCUT2D eigenvalue weighted by atomic mass is 16.1. The Labute approximate surface area is 154 Å². The second-order valence-corrected chi connectivity index (χ2v) is 7.59. The number of nitrogens with zero attached hydrogens (tertiary/aromatic N) is 3. The lowest BCUT2D eigenvalue weighted by molar-refractivity contribution is 0.0950. The molecule has 1 aliphatic carbocycles. The summed E-state index contributed by atoms with van der Waals surface area (Å²) in [5.41, 5.74) is 2.77. The van der Waals surface area contributed by atoms with E-state index < -0.39 is 0 Å². The van der Waals surface area contributed by atoms with Crippen molar-refractivity contribution >= 4 is 11.7 Å². The quantitative estimate of drug-likeness (QED) is 0.913. The van der Waals surface area contributed by atoms with Gasteiger partial charge in [-0.3, -0.25) is 4.79 Å². The Balaban J connectivity index is 1.74. The van der Waals surface area contributed by atoms with Gasteiger partial charge in [-0.15, -0.1) is 0 Å². The molecule has 2 aliphatic rings. The number of amides is 1. The Bertz CT molecular complexity index is 815. The van der Waals surface area contributed by atoms with Gasteiger partial charge in [0.25, 0.3) is 5.91 Å². The Morgan fingerprint density at radius 1 is 1.23 bits per heavy atom. The second kappa shape index (κ2) is 7.06. The van der Waals surface area contributed by atoms with Crippen LogP contribution in [0.4, 0.5) is 5.82 Å². The number of carbonyl (C=O) groups is 1. The number of hydrogen-bond acceptors (Lipinski definition) is 4. The molecule has 1 unspecified atom stereocenters. The van der Waals surface area contributed by atoms with E-state index in [9.17, 15) is 4.79 Å². The van der Waals surface area contributed by atoms with E-state index in [1.807, 2.05) is 12.1 Å². The van der Waals surface area contributed by atoms with Crippen molar-refractivity contribution in [2.24, 2.45) is 0 Å². The maximum atomic E-state index is 12.7. The van der Waals surface area contributed by atoms with Crippen LogP contribution in [-0.2, 0) is 0 Å². The average Bonchev–Trinajstić information content (AvgIpc) is 3.45. The summed E-state index contributed by atoms with van der Waals surface area (Å²) < 4.78 is 0. The van der Waals surface area contributed by atoms with Crippen LogP contribution in [0.3, 0.4) is 0 Å². The summed E-state index contributed by atoms with van der Waals surface area (Å²) in [6.07, 6.45) is 7.36. The molecule has 2 aromatic rings. The molecule has 1 aliphatic heterocycles. The fraction of sp³-hybridized carbons (Fsp3) is 0.476. The predicted molar refractivity (Wildman–Crippen MR) is 103 cm³/mol. The minimum absolute atomic E-state index is 0.0453. The molecule has 0 spiro atoms. The molecular weight excluding hydrogens is 324 g/mol. The van der Waals surface area contributed by atoms with Crippen LogP contribution in [0, 0.1) is 6.92 Å². The lowest BCUT2D eigenvalue weighted by atomic mass is 10.0. The first-order valence-electron chi connectivity index (χ1n) is 9.63. The van der Waals surface area contributed by atoms with Gasteiger partial charge in [0.05, 0.1) is 0 Å². The minimum Gasteiger partial charge on any atom is -0.353 e. The van der Waals surface area contributed by atoms with E-state index in [-0.39, 0.29) is 5.91 Å². The number of nitrogens with one attached hydrogen (secondary N) is 1. The van der Waals surface area contributed by atoms with Crippen LogP contribution in [-0.4, -0.2) is 34.5 Å². The van der Waals surface area contributed by atoms with Crippen LogP contribution in [0.1, 0.15) is 54.9 Å². The Morgan fingerprint density at radius 3 is 2.81 bits per heavy atom. The third-order valence-electron chi connectivity index (χ3n) is 5.28. The van der Waals surface area contributed by atoms with E-state index in [0.29, 0.717) is 23.5 Å². The smallest absolute Gasteiger partial charge is 0.256 e. The molecule has 2 fully saturated rings. The fourth-order valence-electron chi connectivity index (χ4n) is 3.58. The van der Waals surface area contributed by atoms with E-state index in [0.717, 1.165) is 43.6 Å². The van der Waals surface area contributed by atoms with Crippen molar-refractivity contribution in [1.29, 1.82) is 0 Å². The summed E-state index contributed by atoms with van der Waals surface area (Å²) in [5, 5.41) is 3.09. The lowest BCUT2D eigenvalue weighted by Crippen LogP contribution is -2.40. The summed E-state index contributed by atoms with van der Waals surface area (Å²) >= 11 is 0. The van der Waals surface area contributed by atoms with Crippen LogP contribution in [0.25, 0.3) is 11.4 Å². The number of hydrogen-bond donors (Lipinski definition) is 1. The van der Waals surface area contributed by atoms with E-state index >= 15 is 0 Å². The molecule has 1 aromatic carbocycles. The van der Waals surface area contributed by atoms with Crippen LogP contribution in [0.2, 0.25) is 0 Å². The molecule has 1 N–H and O–H groups in total. The van der Waals surface area contributed by atoms with Crippen molar-refractivity contribution in [2.45, 2.75) is 58.0 Å². The minimum atomic E-state index is -0.0453. The average molecular weight is 350 g/mol. The number of piperidine rings is 1. The summed E-state index contributed by atoms with van der Waals surface area (Å²) in [6, 6.07) is 8.90. The van der Waals surface area contributed by atoms with Gasteiger partial charge in [-0.05, 0) is 52.0 Å². The Hall–Kier alpha value is -2.43. The van der Waals surface area contributed by atoms with Gasteiger partial charge in [0.2, 0.25) is 0 Å². The molecule has 4 rings (SSSR count). The number of carbonyl (C=O) groups excluding carboxylic acids is 1. The topological polar surface area (TPSA) is 58.1 Å². The highest BCUT2D eigenvalue weighted by Crippen LogP contribution is 2.29. The molecular formula is C21H26N4O. The third-order valence-corrected chi connectivity index (χ3v) is 5.28. The van der Waals surface area contributed by atoms with Gasteiger partial charge in [0.1, 0.15) is 11.4 Å². The molecule has 26 heavy (non-hydrogen) atoms. The first-order valence-corrected chi connectivity index (χ1v) is 9.63. The largest absolute Gasteiger partial charge is 0.353 e. The number of rotatable bonds is 4. The molecule has 0 bridgehead atoms. The Morgan fingerprint density at radius 2 is 2.08 bits per heavy atom. The number of benzene rings is 1. The van der Waals surface area contributed by atoms with Crippen molar-refractivity contribution in [3.05, 3.63) is 41.6 Å². The predicted octanol–water partition coefficient (Wildman–Crippen LogP) is 3.72.